The van der Waals surface area contributed by atoms with Crippen molar-refractivity contribution in [2.45, 2.75) is 75.7 Å². The molecule has 3 rings (SSSR count). The summed E-state index contributed by atoms with van der Waals surface area (Å²) in [6.45, 7) is 0. The van der Waals surface area contributed by atoms with Crippen molar-refractivity contribution >= 4 is 28.9 Å². The monoisotopic (exact) mass is 384 g/mol. The molecule has 1 aromatic rings. The maximum atomic E-state index is 11.0. The lowest BCUT2D eigenvalue weighted by Gasteiger charge is -2.24. The number of carboxylic acid groups (broad SMARTS) is 1. The molecule has 2 unspecified atom stereocenters. The molecule has 2 N–H and O–H groups in total. The molecule has 2 saturated carbocycles. The minimum Gasteiger partial charge on any atom is -0.477 e. The van der Waals surface area contributed by atoms with Gasteiger partial charge < -0.3 is 10.2 Å². The molecule has 0 saturated heterocycles. The summed E-state index contributed by atoms with van der Waals surface area (Å²) in [4.78, 5) is 12.5. The first-order valence-electron chi connectivity index (χ1n) is 9.68. The predicted octanol–water partition coefficient (Wildman–Crippen LogP) is 5.34. The summed E-state index contributed by atoms with van der Waals surface area (Å²) in [5.41, 5.74) is 0. The number of hydrogen-bond acceptors (Lipinski definition) is 3. The van der Waals surface area contributed by atoms with Gasteiger partial charge in [-0.2, -0.15) is 0 Å². The smallest absolute Gasteiger partial charge is 0.345 e. The first kappa shape index (κ1) is 19.2. The van der Waals surface area contributed by atoms with Crippen LogP contribution in [0.5, 0.6) is 0 Å². The highest BCUT2D eigenvalue weighted by molar-refractivity contribution is 7.13. The topological polar surface area (TPSA) is 57.5 Å². The van der Waals surface area contributed by atoms with E-state index in [0.29, 0.717) is 16.7 Å². The van der Waals surface area contributed by atoms with Gasteiger partial charge in [0, 0.05) is 10.3 Å². The highest BCUT2D eigenvalue weighted by Crippen LogP contribution is 2.43. The van der Waals surface area contributed by atoms with E-state index in [0.717, 1.165) is 42.9 Å². The molecule has 1 aromatic heterocycles. The van der Waals surface area contributed by atoms with Gasteiger partial charge in [0.2, 0.25) is 0 Å². The van der Waals surface area contributed by atoms with Crippen LogP contribution in [0, 0.1) is 17.8 Å². The molecule has 0 aliphatic heterocycles. The molecule has 0 spiro atoms. The third kappa shape index (κ3) is 4.99. The Morgan fingerprint density at radius 1 is 1.16 bits per heavy atom. The Labute approximate surface area is 159 Å². The quantitative estimate of drug-likeness (QED) is 0.594. The highest BCUT2D eigenvalue weighted by Gasteiger charge is 2.40. The highest BCUT2D eigenvalue weighted by atomic mass is 35.5. The molecule has 5 heteroatoms. The maximum absolute atomic E-state index is 11.0. The van der Waals surface area contributed by atoms with Crippen LogP contribution in [0.15, 0.2) is 12.1 Å². The zero-order chi connectivity index (χ0) is 17.8. The third-order valence-corrected chi connectivity index (χ3v) is 7.83. The summed E-state index contributed by atoms with van der Waals surface area (Å²) in [5.74, 6) is 0.767. The predicted molar refractivity (Wildman–Crippen MR) is 103 cm³/mol. The van der Waals surface area contributed by atoms with Crippen molar-refractivity contribution < 1.29 is 15.0 Å². The Bertz CT molecular complexity index is 567. The first-order chi connectivity index (χ1) is 12.0. The second-order valence-corrected chi connectivity index (χ2v) is 9.57. The molecule has 25 heavy (non-hydrogen) atoms. The van der Waals surface area contributed by atoms with Crippen molar-refractivity contribution in [1.82, 2.24) is 0 Å². The van der Waals surface area contributed by atoms with Crippen LogP contribution in [0.1, 0.15) is 72.3 Å². The van der Waals surface area contributed by atoms with Gasteiger partial charge in [0.1, 0.15) is 4.88 Å². The van der Waals surface area contributed by atoms with Crippen LogP contribution in [0.2, 0.25) is 0 Å². The second kappa shape index (κ2) is 8.88. The standard InChI is InChI=1S/C20H29ClO3S/c21-17-12-18(22)16(10-8-13-4-1-2-5-13)15(17)7-3-6-14-9-11-19(25-14)20(23)24/h9,11,13,15-18,22H,1-8,10,12H2,(H,23,24)/t15-,16?,17?,18-/m1/s1. The van der Waals surface area contributed by atoms with Gasteiger partial charge in [0.15, 0.2) is 0 Å². The van der Waals surface area contributed by atoms with Crippen molar-refractivity contribution in [3.05, 3.63) is 21.9 Å². The number of alkyl halides is 1. The van der Waals surface area contributed by atoms with Gasteiger partial charge in [-0.3, -0.25) is 0 Å². The number of aryl methyl sites for hydroxylation is 1. The molecule has 0 amide bonds. The minimum atomic E-state index is -0.844. The number of rotatable bonds is 8. The van der Waals surface area contributed by atoms with E-state index in [-0.39, 0.29) is 11.5 Å². The third-order valence-electron chi connectivity index (χ3n) is 6.19. The van der Waals surface area contributed by atoms with E-state index in [9.17, 15) is 9.90 Å². The summed E-state index contributed by atoms with van der Waals surface area (Å²) in [7, 11) is 0. The van der Waals surface area contributed by atoms with Gasteiger partial charge in [0.25, 0.3) is 0 Å². The molecular weight excluding hydrogens is 356 g/mol. The molecule has 4 atom stereocenters. The Balaban J connectivity index is 1.48. The van der Waals surface area contributed by atoms with E-state index in [1.807, 2.05) is 6.07 Å². The van der Waals surface area contributed by atoms with Crippen molar-refractivity contribution in [1.29, 1.82) is 0 Å². The molecule has 2 aliphatic rings. The van der Waals surface area contributed by atoms with Crippen LogP contribution in [0.3, 0.4) is 0 Å². The number of carboxylic acids is 1. The van der Waals surface area contributed by atoms with Crippen molar-refractivity contribution in [2.75, 3.05) is 0 Å². The van der Waals surface area contributed by atoms with Gasteiger partial charge in [0.05, 0.1) is 6.10 Å². The minimum absolute atomic E-state index is 0.0847. The van der Waals surface area contributed by atoms with Crippen LogP contribution in [-0.4, -0.2) is 27.7 Å². The number of thiophene rings is 1. The zero-order valence-corrected chi connectivity index (χ0v) is 16.3. The Morgan fingerprint density at radius 2 is 1.92 bits per heavy atom. The fourth-order valence-electron chi connectivity index (χ4n) is 4.80. The van der Waals surface area contributed by atoms with Gasteiger partial charge in [-0.05, 0) is 62.0 Å². The van der Waals surface area contributed by atoms with E-state index in [1.165, 1.54) is 43.4 Å². The summed E-state index contributed by atoms with van der Waals surface area (Å²) in [6.07, 6.45) is 11.3. The normalized spacial score (nSPS) is 30.2. The van der Waals surface area contributed by atoms with Crippen molar-refractivity contribution in [2.24, 2.45) is 17.8 Å². The lowest BCUT2D eigenvalue weighted by atomic mass is 9.84. The Morgan fingerprint density at radius 3 is 2.60 bits per heavy atom. The summed E-state index contributed by atoms with van der Waals surface area (Å²) < 4.78 is 0. The number of aliphatic hydroxyl groups excluding tert-OH is 1. The molecule has 140 valence electrons. The lowest BCUT2D eigenvalue weighted by molar-refractivity contribution is 0.0702. The maximum Gasteiger partial charge on any atom is 0.345 e. The molecule has 3 nitrogen and oxygen atoms in total. The molecule has 2 aliphatic carbocycles. The van der Waals surface area contributed by atoms with Crippen molar-refractivity contribution in [3.8, 4) is 0 Å². The summed E-state index contributed by atoms with van der Waals surface area (Å²) in [5, 5.41) is 19.5. The van der Waals surface area contributed by atoms with Gasteiger partial charge in [-0.15, -0.1) is 22.9 Å². The largest absolute Gasteiger partial charge is 0.477 e. The van der Waals surface area contributed by atoms with E-state index < -0.39 is 5.97 Å². The SMILES string of the molecule is O=C(O)c1ccc(CCC[C@H]2C(Cl)C[C@@H](O)C2CCC2CCCC2)s1. The number of aromatic carboxylic acids is 1. The molecular formula is C20H29ClO3S. The summed E-state index contributed by atoms with van der Waals surface area (Å²) in [6, 6.07) is 3.61. The van der Waals surface area contributed by atoms with Crippen LogP contribution in [0.25, 0.3) is 0 Å². The summed E-state index contributed by atoms with van der Waals surface area (Å²) >= 11 is 7.93. The zero-order valence-electron chi connectivity index (χ0n) is 14.7. The van der Waals surface area contributed by atoms with Gasteiger partial charge >= 0.3 is 5.97 Å². The Kier molecular flexibility index (Phi) is 6.81. The number of halogens is 1. The number of hydrogen-bond donors (Lipinski definition) is 2. The fourth-order valence-corrected chi connectivity index (χ4v) is 6.19. The molecule has 0 radical (unpaired) electrons. The van der Waals surface area contributed by atoms with Crippen LogP contribution in [0.4, 0.5) is 0 Å². The van der Waals surface area contributed by atoms with Gasteiger partial charge in [-0.25, -0.2) is 4.79 Å². The molecule has 1 heterocycles. The van der Waals surface area contributed by atoms with E-state index in [4.69, 9.17) is 16.7 Å². The van der Waals surface area contributed by atoms with Crippen molar-refractivity contribution in [3.63, 3.8) is 0 Å². The van der Waals surface area contributed by atoms with Crippen LogP contribution in [-0.2, 0) is 6.42 Å². The van der Waals surface area contributed by atoms with Crippen LogP contribution >= 0.6 is 22.9 Å². The van der Waals surface area contributed by atoms with E-state index in [1.54, 1.807) is 6.07 Å². The van der Waals surface area contributed by atoms with Gasteiger partial charge in [-0.1, -0.05) is 32.1 Å². The van der Waals surface area contributed by atoms with Crippen LogP contribution < -0.4 is 0 Å². The second-order valence-electron chi connectivity index (χ2n) is 7.84. The average molecular weight is 385 g/mol. The average Bonchev–Trinajstić information content (AvgIpc) is 3.28. The molecule has 0 bridgehead atoms. The van der Waals surface area contributed by atoms with E-state index in [2.05, 4.69) is 0 Å². The Hall–Kier alpha value is -0.580. The molecule has 2 fully saturated rings. The number of aliphatic hydroxyl groups is 1. The first-order valence-corrected chi connectivity index (χ1v) is 10.9. The molecule has 0 aromatic carbocycles. The van der Waals surface area contributed by atoms with E-state index >= 15 is 0 Å². The fraction of sp³-hybridized carbons (Fsp3) is 0.750. The lowest BCUT2D eigenvalue weighted by Crippen LogP contribution is -2.21. The number of carbonyl (C=O) groups is 1.